The van der Waals surface area contributed by atoms with E-state index in [2.05, 4.69) is 31.8 Å². The van der Waals surface area contributed by atoms with Crippen LogP contribution in [0, 0.1) is 0 Å². The standard InChI is InChI=1S/C20H29F3N4O2/c1-3-11-27-12-9-16(10-13-27)26-19(24-4-2)25-14-18(28)15-5-7-17(8-6-15)29-20(21,22)23/h3,5-8,16,18,28H,1,4,9-14H2,2H3,(H2,24,25,26). The van der Waals surface area contributed by atoms with Crippen LogP contribution >= 0.6 is 0 Å². The van der Waals surface area contributed by atoms with Gasteiger partial charge < -0.3 is 20.5 Å². The summed E-state index contributed by atoms with van der Waals surface area (Å²) < 4.78 is 40.5. The number of guanidine groups is 1. The van der Waals surface area contributed by atoms with Crippen LogP contribution in [0.15, 0.2) is 41.9 Å². The lowest BCUT2D eigenvalue weighted by molar-refractivity contribution is -0.274. The fourth-order valence-electron chi connectivity index (χ4n) is 3.13. The quantitative estimate of drug-likeness (QED) is 0.347. The molecule has 0 spiro atoms. The molecule has 1 heterocycles. The number of halogens is 3. The van der Waals surface area contributed by atoms with Crippen molar-refractivity contribution < 1.29 is 23.0 Å². The SMILES string of the molecule is C=CCN1CCC(NC(=NCC(O)c2ccc(OC(F)(F)F)cc2)NCC)CC1. The highest BCUT2D eigenvalue weighted by atomic mass is 19.4. The van der Waals surface area contributed by atoms with Gasteiger partial charge in [0.15, 0.2) is 5.96 Å². The van der Waals surface area contributed by atoms with Crippen molar-refractivity contribution >= 4 is 5.96 Å². The number of nitrogens with one attached hydrogen (secondary N) is 2. The Bertz CT molecular complexity index is 657. The molecule has 1 fully saturated rings. The average Bonchev–Trinajstić information content (AvgIpc) is 2.67. The summed E-state index contributed by atoms with van der Waals surface area (Å²) in [5, 5.41) is 16.9. The number of aliphatic imine (C=N–C) groups is 1. The molecule has 0 bridgehead atoms. The lowest BCUT2D eigenvalue weighted by Crippen LogP contribution is -2.48. The number of nitrogens with zero attached hydrogens (tertiary/aromatic N) is 2. The zero-order valence-electron chi connectivity index (χ0n) is 16.6. The number of likely N-dealkylation sites (tertiary alicyclic amines) is 1. The third-order valence-electron chi connectivity index (χ3n) is 4.58. The second-order valence-corrected chi connectivity index (χ2v) is 6.86. The van der Waals surface area contributed by atoms with E-state index >= 15 is 0 Å². The maximum atomic E-state index is 12.2. The predicted octanol–water partition coefficient (Wildman–Crippen LogP) is 2.82. The molecule has 6 nitrogen and oxygen atoms in total. The Morgan fingerprint density at radius 3 is 2.55 bits per heavy atom. The van der Waals surface area contributed by atoms with E-state index < -0.39 is 12.5 Å². The Balaban J connectivity index is 1.89. The molecule has 0 amide bonds. The topological polar surface area (TPSA) is 69.1 Å². The number of hydrogen-bond donors (Lipinski definition) is 3. The second-order valence-electron chi connectivity index (χ2n) is 6.86. The van der Waals surface area contributed by atoms with Crippen molar-refractivity contribution in [3.8, 4) is 5.75 Å². The van der Waals surface area contributed by atoms with Crippen molar-refractivity contribution in [3.63, 3.8) is 0 Å². The third kappa shape index (κ3) is 8.33. The molecule has 0 saturated carbocycles. The maximum Gasteiger partial charge on any atom is 0.573 e. The summed E-state index contributed by atoms with van der Waals surface area (Å²) >= 11 is 0. The van der Waals surface area contributed by atoms with Crippen LogP contribution in [0.25, 0.3) is 0 Å². The number of alkyl halides is 3. The highest BCUT2D eigenvalue weighted by Gasteiger charge is 2.31. The predicted molar refractivity (Wildman–Crippen MR) is 107 cm³/mol. The molecule has 3 N–H and O–H groups in total. The van der Waals surface area contributed by atoms with E-state index in [4.69, 9.17) is 0 Å². The molecule has 1 aromatic rings. The molecule has 0 radical (unpaired) electrons. The summed E-state index contributed by atoms with van der Waals surface area (Å²) in [5.74, 6) is 0.292. The van der Waals surface area contributed by atoms with Crippen molar-refractivity contribution in [2.24, 2.45) is 4.99 Å². The van der Waals surface area contributed by atoms with Crippen molar-refractivity contribution in [3.05, 3.63) is 42.5 Å². The van der Waals surface area contributed by atoms with Gasteiger partial charge in [-0.15, -0.1) is 19.8 Å². The lowest BCUT2D eigenvalue weighted by Gasteiger charge is -2.32. The molecule has 1 aliphatic heterocycles. The van der Waals surface area contributed by atoms with Crippen LogP contribution in [0.5, 0.6) is 5.75 Å². The lowest BCUT2D eigenvalue weighted by atomic mass is 10.1. The molecule has 9 heteroatoms. The third-order valence-corrected chi connectivity index (χ3v) is 4.58. The van der Waals surface area contributed by atoms with Gasteiger partial charge in [0.05, 0.1) is 12.6 Å². The Kier molecular flexibility index (Phi) is 8.78. The molecule has 29 heavy (non-hydrogen) atoms. The largest absolute Gasteiger partial charge is 0.573 e. The number of hydrogen-bond acceptors (Lipinski definition) is 4. The minimum atomic E-state index is -4.74. The number of piperidine rings is 1. The van der Waals surface area contributed by atoms with Crippen LogP contribution in [-0.2, 0) is 0 Å². The summed E-state index contributed by atoms with van der Waals surface area (Å²) in [5.41, 5.74) is 0.469. The van der Waals surface area contributed by atoms with Crippen LogP contribution in [-0.4, -0.2) is 61.1 Å². The van der Waals surface area contributed by atoms with Crippen LogP contribution < -0.4 is 15.4 Å². The van der Waals surface area contributed by atoms with Crippen molar-refractivity contribution in [2.45, 2.75) is 38.3 Å². The van der Waals surface area contributed by atoms with Crippen LogP contribution in [0.1, 0.15) is 31.4 Å². The first-order chi connectivity index (χ1) is 13.8. The highest BCUT2D eigenvalue weighted by Crippen LogP contribution is 2.24. The Morgan fingerprint density at radius 1 is 1.34 bits per heavy atom. The zero-order valence-corrected chi connectivity index (χ0v) is 16.6. The summed E-state index contributed by atoms with van der Waals surface area (Å²) in [6.07, 6.45) is -1.79. The van der Waals surface area contributed by atoms with Gasteiger partial charge in [-0.1, -0.05) is 18.2 Å². The smallest absolute Gasteiger partial charge is 0.406 e. The first kappa shape index (κ1) is 23.0. The van der Waals surface area contributed by atoms with Gasteiger partial charge in [0.25, 0.3) is 0 Å². The van der Waals surface area contributed by atoms with Gasteiger partial charge in [-0.2, -0.15) is 0 Å². The van der Waals surface area contributed by atoms with Crippen LogP contribution in [0.3, 0.4) is 0 Å². The molecule has 0 aromatic heterocycles. The molecule has 1 aliphatic rings. The van der Waals surface area contributed by atoms with E-state index in [0.717, 1.165) is 32.5 Å². The van der Waals surface area contributed by atoms with Gasteiger partial charge in [0.1, 0.15) is 5.75 Å². The van der Waals surface area contributed by atoms with E-state index in [0.29, 0.717) is 24.1 Å². The van der Waals surface area contributed by atoms with Crippen molar-refractivity contribution in [2.75, 3.05) is 32.7 Å². The maximum absolute atomic E-state index is 12.2. The summed E-state index contributed by atoms with van der Waals surface area (Å²) in [4.78, 5) is 6.76. The van der Waals surface area contributed by atoms with Gasteiger partial charge in [-0.25, -0.2) is 0 Å². The minimum absolute atomic E-state index is 0.0874. The molecule has 1 aromatic carbocycles. The van der Waals surface area contributed by atoms with Gasteiger partial charge >= 0.3 is 6.36 Å². The van der Waals surface area contributed by atoms with Gasteiger partial charge in [-0.05, 0) is 37.5 Å². The first-order valence-corrected chi connectivity index (χ1v) is 9.72. The number of benzene rings is 1. The Morgan fingerprint density at radius 2 is 2.00 bits per heavy atom. The molecule has 2 rings (SSSR count). The number of ether oxygens (including phenoxy) is 1. The van der Waals surface area contributed by atoms with E-state index in [1.54, 1.807) is 0 Å². The summed E-state index contributed by atoms with van der Waals surface area (Å²) in [6.45, 7) is 9.35. The van der Waals surface area contributed by atoms with Crippen molar-refractivity contribution in [1.29, 1.82) is 0 Å². The molecular formula is C20H29F3N4O2. The molecular weight excluding hydrogens is 385 g/mol. The van der Waals surface area contributed by atoms with Gasteiger partial charge in [0.2, 0.25) is 0 Å². The number of aliphatic hydroxyl groups is 1. The van der Waals surface area contributed by atoms with Gasteiger partial charge in [-0.3, -0.25) is 9.89 Å². The Hall–Kier alpha value is -2.26. The first-order valence-electron chi connectivity index (χ1n) is 9.72. The second kappa shape index (κ2) is 11.1. The van der Waals surface area contributed by atoms with Gasteiger partial charge in [0, 0.05) is 32.2 Å². The summed E-state index contributed by atoms with van der Waals surface area (Å²) in [6, 6.07) is 5.45. The van der Waals surface area contributed by atoms with E-state index in [-0.39, 0.29) is 12.3 Å². The minimum Gasteiger partial charge on any atom is -0.406 e. The van der Waals surface area contributed by atoms with Crippen LogP contribution in [0.4, 0.5) is 13.2 Å². The number of rotatable bonds is 8. The molecule has 0 aliphatic carbocycles. The molecule has 1 atom stereocenters. The molecule has 1 unspecified atom stereocenters. The summed E-state index contributed by atoms with van der Waals surface area (Å²) in [7, 11) is 0. The fourth-order valence-corrected chi connectivity index (χ4v) is 3.13. The van der Waals surface area contributed by atoms with Crippen molar-refractivity contribution in [1.82, 2.24) is 15.5 Å². The highest BCUT2D eigenvalue weighted by molar-refractivity contribution is 5.80. The zero-order chi connectivity index (χ0) is 21.3. The molecule has 1 saturated heterocycles. The molecule has 162 valence electrons. The average molecular weight is 414 g/mol. The van der Waals surface area contributed by atoms with Crippen LogP contribution in [0.2, 0.25) is 0 Å². The Labute approximate surface area is 169 Å². The normalized spacial score (nSPS) is 17.6. The fraction of sp³-hybridized carbons (Fsp3) is 0.550. The number of aliphatic hydroxyl groups excluding tert-OH is 1. The van der Waals surface area contributed by atoms with E-state index in [1.165, 1.54) is 24.3 Å². The monoisotopic (exact) mass is 414 g/mol. The van der Waals surface area contributed by atoms with E-state index in [9.17, 15) is 18.3 Å². The van der Waals surface area contributed by atoms with E-state index in [1.807, 2.05) is 13.0 Å².